The van der Waals surface area contributed by atoms with Crippen LogP contribution >= 0.6 is 0 Å². The van der Waals surface area contributed by atoms with Crippen molar-refractivity contribution in [3.8, 4) is 0 Å². The van der Waals surface area contributed by atoms with Crippen LogP contribution in [-0.2, 0) is 20.5 Å². The summed E-state index contributed by atoms with van der Waals surface area (Å²) >= 11 is 0. The summed E-state index contributed by atoms with van der Waals surface area (Å²) in [5.74, 6) is -2.23. The molecular formula is C25H21F3N2O4. The molecule has 0 saturated carbocycles. The molecule has 0 heterocycles. The molecule has 0 saturated heterocycles. The molecule has 0 fully saturated rings. The largest absolute Gasteiger partial charge is 0.446 e. The van der Waals surface area contributed by atoms with Crippen LogP contribution in [0.25, 0.3) is 0 Å². The van der Waals surface area contributed by atoms with Crippen molar-refractivity contribution in [3.05, 3.63) is 101 Å². The first-order valence-corrected chi connectivity index (χ1v) is 10.2. The van der Waals surface area contributed by atoms with Gasteiger partial charge in [0, 0.05) is 16.8 Å². The maximum Gasteiger partial charge on any atom is 0.416 e. The van der Waals surface area contributed by atoms with E-state index in [1.165, 1.54) is 18.2 Å². The number of aryl methyl sites for hydroxylation is 1. The molecule has 0 spiro atoms. The number of anilines is 1. The second-order valence-electron chi connectivity index (χ2n) is 7.40. The van der Waals surface area contributed by atoms with Crippen LogP contribution in [0.5, 0.6) is 0 Å². The lowest BCUT2D eigenvalue weighted by Gasteiger charge is -2.19. The van der Waals surface area contributed by atoms with E-state index in [9.17, 15) is 27.6 Å². The van der Waals surface area contributed by atoms with Crippen molar-refractivity contribution in [3.63, 3.8) is 0 Å². The van der Waals surface area contributed by atoms with Gasteiger partial charge in [-0.25, -0.2) is 0 Å². The molecule has 0 bridgehead atoms. The Morgan fingerprint density at radius 1 is 0.912 bits per heavy atom. The van der Waals surface area contributed by atoms with E-state index in [0.29, 0.717) is 11.1 Å². The standard InChI is InChI=1S/C25H21F3N2O4/c1-16-7-5-10-18(13-16)23(32)29-15-21(31)34-22(17-8-3-2-4-9-17)24(33)30-20-12-6-11-19(14-20)25(26,27)28/h2-14,22H,15H2,1H3,(H,29,32)(H,30,33)/t22-/m0/s1. The van der Waals surface area contributed by atoms with Crippen LogP contribution < -0.4 is 10.6 Å². The average Bonchev–Trinajstić information content (AvgIpc) is 2.81. The molecule has 0 aliphatic heterocycles. The molecule has 3 rings (SSSR count). The molecule has 0 aliphatic carbocycles. The van der Waals surface area contributed by atoms with Gasteiger partial charge in [0.25, 0.3) is 11.8 Å². The van der Waals surface area contributed by atoms with E-state index in [1.807, 2.05) is 13.0 Å². The number of halogens is 3. The summed E-state index contributed by atoms with van der Waals surface area (Å²) in [4.78, 5) is 37.5. The number of benzene rings is 3. The highest BCUT2D eigenvalue weighted by Gasteiger charge is 2.31. The minimum absolute atomic E-state index is 0.107. The topological polar surface area (TPSA) is 84.5 Å². The summed E-state index contributed by atoms with van der Waals surface area (Å²) < 4.78 is 44.2. The first-order chi connectivity index (χ1) is 16.1. The first kappa shape index (κ1) is 24.5. The van der Waals surface area contributed by atoms with Gasteiger partial charge >= 0.3 is 12.1 Å². The zero-order valence-corrected chi connectivity index (χ0v) is 18.1. The van der Waals surface area contributed by atoms with E-state index in [0.717, 1.165) is 23.8 Å². The quantitative estimate of drug-likeness (QED) is 0.492. The zero-order valence-electron chi connectivity index (χ0n) is 18.1. The number of amides is 2. The third-order valence-corrected chi connectivity index (χ3v) is 4.72. The Morgan fingerprint density at radius 3 is 2.29 bits per heavy atom. The number of carbonyl (C=O) groups excluding carboxylic acids is 3. The minimum Gasteiger partial charge on any atom is -0.446 e. The molecule has 9 heteroatoms. The average molecular weight is 470 g/mol. The summed E-state index contributed by atoms with van der Waals surface area (Å²) in [6, 6.07) is 18.9. The van der Waals surface area contributed by atoms with Crippen LogP contribution in [0.3, 0.4) is 0 Å². The number of ether oxygens (including phenoxy) is 1. The van der Waals surface area contributed by atoms with Gasteiger partial charge in [-0.05, 0) is 37.3 Å². The Balaban J connectivity index is 1.71. The van der Waals surface area contributed by atoms with E-state index in [-0.39, 0.29) is 5.69 Å². The molecule has 0 unspecified atom stereocenters. The van der Waals surface area contributed by atoms with Gasteiger partial charge in [0.1, 0.15) is 6.54 Å². The Labute approximate surface area is 193 Å². The summed E-state index contributed by atoms with van der Waals surface area (Å²) in [5, 5.41) is 4.78. The van der Waals surface area contributed by atoms with Crippen LogP contribution in [0.15, 0.2) is 78.9 Å². The fourth-order valence-corrected chi connectivity index (χ4v) is 3.10. The third kappa shape index (κ3) is 6.68. The lowest BCUT2D eigenvalue weighted by Crippen LogP contribution is -2.33. The Morgan fingerprint density at radius 2 is 1.62 bits per heavy atom. The number of hydrogen-bond acceptors (Lipinski definition) is 4. The van der Waals surface area contributed by atoms with Gasteiger partial charge < -0.3 is 15.4 Å². The molecule has 6 nitrogen and oxygen atoms in total. The predicted molar refractivity (Wildman–Crippen MR) is 119 cm³/mol. The molecule has 1 atom stereocenters. The van der Waals surface area contributed by atoms with Crippen LogP contribution in [0, 0.1) is 6.92 Å². The molecule has 0 aromatic heterocycles. The molecule has 2 amide bonds. The monoisotopic (exact) mass is 470 g/mol. The van der Waals surface area contributed by atoms with Crippen molar-refractivity contribution in [2.45, 2.75) is 19.2 Å². The summed E-state index contributed by atoms with van der Waals surface area (Å²) in [7, 11) is 0. The molecule has 176 valence electrons. The van der Waals surface area contributed by atoms with E-state index in [4.69, 9.17) is 4.74 Å². The highest BCUT2D eigenvalue weighted by Crippen LogP contribution is 2.31. The van der Waals surface area contributed by atoms with E-state index >= 15 is 0 Å². The normalized spacial score (nSPS) is 11.9. The van der Waals surface area contributed by atoms with Gasteiger partial charge in [0.2, 0.25) is 6.10 Å². The van der Waals surface area contributed by atoms with Crippen molar-refractivity contribution in [1.82, 2.24) is 5.32 Å². The summed E-state index contributed by atoms with van der Waals surface area (Å²) in [6.45, 7) is 1.31. The number of rotatable bonds is 7. The van der Waals surface area contributed by atoms with Gasteiger partial charge in [-0.1, -0.05) is 54.1 Å². The summed E-state index contributed by atoms with van der Waals surface area (Å²) in [5.41, 5.74) is 0.493. The van der Waals surface area contributed by atoms with Crippen molar-refractivity contribution >= 4 is 23.5 Å². The molecular weight excluding hydrogens is 449 g/mol. The zero-order chi connectivity index (χ0) is 24.7. The first-order valence-electron chi connectivity index (χ1n) is 10.2. The maximum absolute atomic E-state index is 13.0. The van der Waals surface area contributed by atoms with E-state index < -0.39 is 42.2 Å². The van der Waals surface area contributed by atoms with Crippen LogP contribution in [0.2, 0.25) is 0 Å². The fraction of sp³-hybridized carbons (Fsp3) is 0.160. The van der Waals surface area contributed by atoms with E-state index in [1.54, 1.807) is 36.4 Å². The van der Waals surface area contributed by atoms with E-state index in [2.05, 4.69) is 10.6 Å². The predicted octanol–water partition coefficient (Wildman–Crippen LogP) is 4.67. The van der Waals surface area contributed by atoms with Gasteiger partial charge in [-0.2, -0.15) is 13.2 Å². The maximum atomic E-state index is 13.0. The second kappa shape index (κ2) is 10.7. The van der Waals surface area contributed by atoms with Gasteiger partial charge in [-0.3, -0.25) is 14.4 Å². The number of esters is 1. The van der Waals surface area contributed by atoms with Crippen LogP contribution in [-0.4, -0.2) is 24.3 Å². The Kier molecular flexibility index (Phi) is 7.68. The fourth-order valence-electron chi connectivity index (χ4n) is 3.10. The molecule has 0 radical (unpaired) electrons. The molecule has 2 N–H and O–H groups in total. The number of hydrogen-bond donors (Lipinski definition) is 2. The molecule has 0 aliphatic rings. The van der Waals surface area contributed by atoms with Crippen LogP contribution in [0.1, 0.15) is 33.2 Å². The van der Waals surface area contributed by atoms with Crippen molar-refractivity contribution in [2.24, 2.45) is 0 Å². The molecule has 34 heavy (non-hydrogen) atoms. The summed E-state index contributed by atoms with van der Waals surface area (Å²) in [6.07, 6.45) is -6.03. The highest BCUT2D eigenvalue weighted by molar-refractivity contribution is 5.98. The number of alkyl halides is 3. The lowest BCUT2D eigenvalue weighted by molar-refractivity contribution is -0.153. The molecule has 3 aromatic carbocycles. The smallest absolute Gasteiger partial charge is 0.416 e. The van der Waals surface area contributed by atoms with Gasteiger partial charge in [-0.15, -0.1) is 0 Å². The SMILES string of the molecule is Cc1cccc(C(=O)NCC(=O)O[C@H](C(=O)Nc2cccc(C(F)(F)F)c2)c2ccccc2)c1. The van der Waals surface area contributed by atoms with Crippen molar-refractivity contribution < 1.29 is 32.3 Å². The van der Waals surface area contributed by atoms with Crippen molar-refractivity contribution in [1.29, 1.82) is 0 Å². The Hall–Kier alpha value is -4.14. The molecule has 3 aromatic rings. The van der Waals surface area contributed by atoms with Gasteiger partial charge in [0.15, 0.2) is 0 Å². The minimum atomic E-state index is -4.58. The second-order valence-corrected chi connectivity index (χ2v) is 7.40. The lowest BCUT2D eigenvalue weighted by atomic mass is 10.1. The third-order valence-electron chi connectivity index (χ3n) is 4.72. The van der Waals surface area contributed by atoms with Crippen LogP contribution in [0.4, 0.5) is 18.9 Å². The Bertz CT molecular complexity index is 1180. The van der Waals surface area contributed by atoms with Gasteiger partial charge in [0.05, 0.1) is 5.56 Å². The number of carbonyl (C=O) groups is 3. The highest BCUT2D eigenvalue weighted by atomic mass is 19.4. The van der Waals surface area contributed by atoms with Crippen molar-refractivity contribution in [2.75, 3.05) is 11.9 Å². The number of nitrogens with one attached hydrogen (secondary N) is 2.